The molecule has 0 amide bonds. The maximum Gasteiger partial charge on any atom is 0.0705 e. The van der Waals surface area contributed by atoms with Gasteiger partial charge in [-0.05, 0) is 37.1 Å². The van der Waals surface area contributed by atoms with Crippen LogP contribution in [0.1, 0.15) is 11.4 Å². The number of benzene rings is 2. The molecule has 2 heteroatoms. The molecule has 0 radical (unpaired) electrons. The summed E-state index contributed by atoms with van der Waals surface area (Å²) in [7, 11) is 0. The van der Waals surface area contributed by atoms with Gasteiger partial charge in [0.2, 0.25) is 0 Å². The van der Waals surface area contributed by atoms with Crippen molar-refractivity contribution < 1.29 is 0 Å². The molecular weight excluding hydrogens is 292 g/mol. The molecule has 0 unspecified atom stereocenters. The topological polar surface area (TPSA) is 25.8 Å². The summed E-state index contributed by atoms with van der Waals surface area (Å²) in [5.74, 6) is 0. The molecule has 0 saturated carbocycles. The van der Waals surface area contributed by atoms with Crippen LogP contribution in [0.25, 0.3) is 22.2 Å². The fourth-order valence-corrected chi connectivity index (χ4v) is 2.89. The lowest BCUT2D eigenvalue weighted by atomic mass is 10.1. The summed E-state index contributed by atoms with van der Waals surface area (Å²) in [6.45, 7) is 0. The van der Waals surface area contributed by atoms with Crippen molar-refractivity contribution >= 4 is 10.9 Å². The fraction of sp³-hybridized carbons (Fsp3) is 0.0909. The Morgan fingerprint density at radius 1 is 0.542 bits per heavy atom. The van der Waals surface area contributed by atoms with E-state index in [9.17, 15) is 0 Å². The largest absolute Gasteiger partial charge is 0.253 e. The Labute approximate surface area is 141 Å². The van der Waals surface area contributed by atoms with Gasteiger partial charge in [-0.25, -0.2) is 0 Å². The number of hydrogen-bond donors (Lipinski definition) is 0. The highest BCUT2D eigenvalue weighted by molar-refractivity contribution is 5.78. The molecule has 2 nitrogen and oxygen atoms in total. The second-order valence-electron chi connectivity index (χ2n) is 5.88. The quantitative estimate of drug-likeness (QED) is 0.525. The first-order valence-electron chi connectivity index (χ1n) is 8.24. The molecule has 2 aromatic carbocycles. The molecule has 0 atom stereocenters. The minimum atomic E-state index is 0.895. The smallest absolute Gasteiger partial charge is 0.0705 e. The van der Waals surface area contributed by atoms with Crippen LogP contribution < -0.4 is 0 Å². The number of rotatable bonds is 4. The summed E-state index contributed by atoms with van der Waals surface area (Å²) < 4.78 is 0. The van der Waals surface area contributed by atoms with E-state index in [-0.39, 0.29) is 0 Å². The van der Waals surface area contributed by atoms with Gasteiger partial charge in [0.1, 0.15) is 0 Å². The summed E-state index contributed by atoms with van der Waals surface area (Å²) in [5, 5.41) is 1.19. The molecule has 0 N–H and O–H groups in total. The van der Waals surface area contributed by atoms with E-state index in [0.717, 1.165) is 41.0 Å². The van der Waals surface area contributed by atoms with Gasteiger partial charge in [-0.15, -0.1) is 0 Å². The molecule has 4 aromatic rings. The molecule has 0 fully saturated rings. The number of fused-ring (bicyclic) bond motifs is 1. The Hall–Kier alpha value is -3.00. The average molecular weight is 310 g/mol. The lowest BCUT2D eigenvalue weighted by Gasteiger charge is -2.06. The monoisotopic (exact) mass is 310 g/mol. The van der Waals surface area contributed by atoms with E-state index < -0.39 is 0 Å². The summed E-state index contributed by atoms with van der Waals surface area (Å²) in [4.78, 5) is 9.54. The average Bonchev–Trinajstić information content (AvgIpc) is 2.67. The van der Waals surface area contributed by atoms with Gasteiger partial charge < -0.3 is 0 Å². The van der Waals surface area contributed by atoms with Crippen molar-refractivity contribution in [2.75, 3.05) is 0 Å². The van der Waals surface area contributed by atoms with Crippen LogP contribution in [-0.4, -0.2) is 9.97 Å². The van der Waals surface area contributed by atoms with Crippen molar-refractivity contribution in [2.45, 2.75) is 12.8 Å². The lowest BCUT2D eigenvalue weighted by molar-refractivity contribution is 0.888. The Kier molecular flexibility index (Phi) is 4.03. The zero-order valence-corrected chi connectivity index (χ0v) is 13.4. The Balaban J connectivity index is 1.53. The van der Waals surface area contributed by atoms with E-state index in [2.05, 4.69) is 54.6 Å². The standard InChI is InChI=1S/C22H18N2/c1-2-7-17(8-3-1)22-12-6-10-19(23-22)15-16-20-14-13-18-9-4-5-11-21(18)24-20/h1-14H,15-16H2. The van der Waals surface area contributed by atoms with Gasteiger partial charge in [0.15, 0.2) is 0 Å². The van der Waals surface area contributed by atoms with Crippen LogP contribution in [0.2, 0.25) is 0 Å². The van der Waals surface area contributed by atoms with Gasteiger partial charge in [0.25, 0.3) is 0 Å². The first-order valence-corrected chi connectivity index (χ1v) is 8.24. The van der Waals surface area contributed by atoms with E-state index in [1.165, 1.54) is 5.39 Å². The third-order valence-electron chi connectivity index (χ3n) is 4.17. The van der Waals surface area contributed by atoms with E-state index in [1.807, 2.05) is 30.3 Å². The molecule has 2 heterocycles. The number of aryl methyl sites for hydroxylation is 2. The highest BCUT2D eigenvalue weighted by atomic mass is 14.7. The molecule has 24 heavy (non-hydrogen) atoms. The number of nitrogens with zero attached hydrogens (tertiary/aromatic N) is 2. The second-order valence-corrected chi connectivity index (χ2v) is 5.88. The van der Waals surface area contributed by atoms with Crippen molar-refractivity contribution in [1.82, 2.24) is 9.97 Å². The van der Waals surface area contributed by atoms with Gasteiger partial charge in [0, 0.05) is 22.3 Å². The van der Waals surface area contributed by atoms with Gasteiger partial charge in [-0.3, -0.25) is 9.97 Å². The zero-order valence-electron chi connectivity index (χ0n) is 13.4. The number of para-hydroxylation sites is 1. The summed E-state index contributed by atoms with van der Waals surface area (Å²) in [6, 6.07) is 29.0. The van der Waals surface area contributed by atoms with Crippen molar-refractivity contribution in [2.24, 2.45) is 0 Å². The molecule has 0 aliphatic rings. The molecule has 4 rings (SSSR count). The highest BCUT2D eigenvalue weighted by Crippen LogP contribution is 2.17. The molecular formula is C22H18N2. The molecule has 0 aliphatic carbocycles. The zero-order chi connectivity index (χ0) is 16.2. The van der Waals surface area contributed by atoms with Gasteiger partial charge in [-0.2, -0.15) is 0 Å². The van der Waals surface area contributed by atoms with Crippen molar-refractivity contribution in [3.8, 4) is 11.3 Å². The Morgan fingerprint density at radius 3 is 2.17 bits per heavy atom. The van der Waals surface area contributed by atoms with E-state index in [1.54, 1.807) is 0 Å². The van der Waals surface area contributed by atoms with Crippen LogP contribution in [0.3, 0.4) is 0 Å². The minimum Gasteiger partial charge on any atom is -0.253 e. The Bertz CT molecular complexity index is 961. The molecule has 0 bridgehead atoms. The molecule has 0 spiro atoms. The maximum atomic E-state index is 4.79. The SMILES string of the molecule is c1ccc(-c2cccc(CCc3ccc4ccccc4n3)n2)cc1. The molecule has 0 aliphatic heterocycles. The van der Waals surface area contributed by atoms with Crippen LogP contribution >= 0.6 is 0 Å². The van der Waals surface area contributed by atoms with E-state index in [4.69, 9.17) is 9.97 Å². The first kappa shape index (κ1) is 14.6. The molecule has 0 saturated heterocycles. The number of pyridine rings is 2. The predicted octanol–water partition coefficient (Wildman–Crippen LogP) is 5.08. The van der Waals surface area contributed by atoms with Crippen LogP contribution in [-0.2, 0) is 12.8 Å². The summed E-state index contributed by atoms with van der Waals surface area (Å²) >= 11 is 0. The normalized spacial score (nSPS) is 10.8. The minimum absolute atomic E-state index is 0.895. The molecule has 116 valence electrons. The maximum absolute atomic E-state index is 4.79. The third-order valence-corrected chi connectivity index (χ3v) is 4.17. The summed E-state index contributed by atoms with van der Waals surface area (Å²) in [6.07, 6.45) is 1.79. The number of aromatic nitrogens is 2. The van der Waals surface area contributed by atoms with Gasteiger partial charge >= 0.3 is 0 Å². The highest BCUT2D eigenvalue weighted by Gasteiger charge is 2.03. The van der Waals surface area contributed by atoms with E-state index >= 15 is 0 Å². The third kappa shape index (κ3) is 3.18. The van der Waals surface area contributed by atoms with Crippen molar-refractivity contribution in [3.05, 3.63) is 96.3 Å². The number of hydrogen-bond acceptors (Lipinski definition) is 2. The van der Waals surface area contributed by atoms with Crippen LogP contribution in [0.15, 0.2) is 84.9 Å². The van der Waals surface area contributed by atoms with Crippen molar-refractivity contribution in [1.29, 1.82) is 0 Å². The van der Waals surface area contributed by atoms with Crippen molar-refractivity contribution in [3.63, 3.8) is 0 Å². The van der Waals surface area contributed by atoms with Gasteiger partial charge in [-0.1, -0.05) is 60.7 Å². The fourth-order valence-electron chi connectivity index (χ4n) is 2.89. The predicted molar refractivity (Wildman–Crippen MR) is 98.8 cm³/mol. The first-order chi connectivity index (χ1) is 11.9. The van der Waals surface area contributed by atoms with Crippen LogP contribution in [0, 0.1) is 0 Å². The Morgan fingerprint density at radius 2 is 1.29 bits per heavy atom. The van der Waals surface area contributed by atoms with Crippen LogP contribution in [0.5, 0.6) is 0 Å². The lowest BCUT2D eigenvalue weighted by Crippen LogP contribution is -1.98. The van der Waals surface area contributed by atoms with Gasteiger partial charge in [0.05, 0.1) is 11.2 Å². The van der Waals surface area contributed by atoms with E-state index in [0.29, 0.717) is 0 Å². The second kappa shape index (κ2) is 6.63. The van der Waals surface area contributed by atoms with Crippen LogP contribution in [0.4, 0.5) is 0 Å². The molecule has 2 aromatic heterocycles. The summed E-state index contributed by atoms with van der Waals surface area (Å²) in [5.41, 5.74) is 5.45.